The normalized spacial score (nSPS) is 50.8. The Labute approximate surface area is 269 Å². The zero-order valence-corrected chi connectivity index (χ0v) is 28.9. The zero-order valence-electron chi connectivity index (χ0n) is 28.9. The molecule has 0 aromatic carbocycles. The molecular weight excluding hydrogens is 542 g/mol. The Morgan fingerprint density at radius 1 is 1.00 bits per heavy atom. The van der Waals surface area contributed by atoms with Crippen LogP contribution in [0, 0.1) is 63.6 Å². The van der Waals surface area contributed by atoms with Crippen LogP contribution in [0.2, 0.25) is 0 Å². The van der Waals surface area contributed by atoms with Gasteiger partial charge in [0.25, 0.3) is 0 Å². The fourth-order valence-electron chi connectivity index (χ4n) is 13.8. The van der Waals surface area contributed by atoms with E-state index in [0.29, 0.717) is 29.8 Å². The Bertz CT molecular complexity index is 1060. The van der Waals surface area contributed by atoms with Crippen LogP contribution in [0.15, 0.2) is 12.2 Å². The first-order chi connectivity index (χ1) is 21.0. The number of aliphatic hydroxyl groups excluding tert-OH is 1. The molecule has 44 heavy (non-hydrogen) atoms. The molecule has 0 aromatic heterocycles. The highest BCUT2D eigenvalue weighted by atomic mass is 16.3. The molecule has 1 aliphatic heterocycles. The first-order valence-electron chi connectivity index (χ1n) is 19.2. The van der Waals surface area contributed by atoms with Gasteiger partial charge in [-0.05, 0) is 149 Å². The molecule has 0 amide bonds. The number of fused-ring (bicyclic) bond motifs is 5. The maximum atomic E-state index is 12.8. The van der Waals surface area contributed by atoms with Crippen LogP contribution in [0.1, 0.15) is 118 Å². The second-order valence-electron chi connectivity index (χ2n) is 18.6. The zero-order chi connectivity index (χ0) is 30.9. The van der Waals surface area contributed by atoms with Gasteiger partial charge in [-0.15, -0.1) is 0 Å². The van der Waals surface area contributed by atoms with Crippen LogP contribution in [-0.2, 0) is 0 Å². The molecule has 1 heterocycles. The lowest BCUT2D eigenvalue weighted by atomic mass is 9.30. The Hall–Kier alpha value is -0.460. The number of hydrogen-bond acceptors (Lipinski definition) is 5. The minimum Gasteiger partial charge on any atom is -0.392 e. The summed E-state index contributed by atoms with van der Waals surface area (Å²) in [7, 11) is 2.10. The van der Waals surface area contributed by atoms with Gasteiger partial charge in [-0.2, -0.15) is 0 Å². The number of nitrogens with one attached hydrogen (secondary N) is 3. The van der Waals surface area contributed by atoms with E-state index in [9.17, 15) is 10.2 Å². The van der Waals surface area contributed by atoms with Crippen molar-refractivity contribution in [1.29, 1.82) is 0 Å². The second kappa shape index (κ2) is 11.9. The number of allylic oxidation sites excluding steroid dienone is 1. The molecule has 2 spiro atoms. The summed E-state index contributed by atoms with van der Waals surface area (Å²) in [5.41, 5.74) is -0.492. The third-order valence-corrected chi connectivity index (χ3v) is 15.3. The summed E-state index contributed by atoms with van der Waals surface area (Å²) in [5, 5.41) is 36.9. The third-order valence-electron chi connectivity index (χ3n) is 15.3. The first kappa shape index (κ1) is 32.1. The molecule has 5 heteroatoms. The number of piperidine rings is 1. The quantitative estimate of drug-likeness (QED) is 0.133. The van der Waals surface area contributed by atoms with E-state index < -0.39 is 5.60 Å². The molecule has 1 saturated heterocycles. The van der Waals surface area contributed by atoms with E-state index in [1.54, 1.807) is 0 Å². The Morgan fingerprint density at radius 3 is 2.64 bits per heavy atom. The van der Waals surface area contributed by atoms with Gasteiger partial charge in [0.2, 0.25) is 0 Å². The van der Waals surface area contributed by atoms with Crippen LogP contribution in [0.25, 0.3) is 0 Å². The Balaban J connectivity index is 1.11. The van der Waals surface area contributed by atoms with Gasteiger partial charge in [0.05, 0.1) is 11.7 Å². The topological polar surface area (TPSA) is 76.5 Å². The lowest BCUT2D eigenvalue weighted by molar-refractivity contribution is -0.308. The predicted molar refractivity (Wildman–Crippen MR) is 180 cm³/mol. The van der Waals surface area contributed by atoms with E-state index in [-0.39, 0.29) is 34.2 Å². The molecule has 6 fully saturated rings. The van der Waals surface area contributed by atoms with Gasteiger partial charge in [0.15, 0.2) is 0 Å². The predicted octanol–water partition coefficient (Wildman–Crippen LogP) is 6.30. The standard InChI is InChI=1S/C39H67N3O2/c1-25(2)8-7-15-41-22-26(3)9-6-10-27-16-32-34-29(12-13-30(42-34)23-40-5)20-39-33(21-37(32,39)18-27)38(44)19-28-11-14-31(35(39)43)36(4,17-28)24-38/h11,14,25-35,40-44H,6-10,12-13,15-24H2,1-5H3. The Morgan fingerprint density at radius 2 is 1.84 bits per heavy atom. The smallest absolute Gasteiger partial charge is 0.0693 e. The number of aliphatic hydroxyl groups is 2. The van der Waals surface area contributed by atoms with Crippen molar-refractivity contribution in [3.05, 3.63) is 12.2 Å². The highest BCUT2D eigenvalue weighted by Gasteiger charge is 2.82. The van der Waals surface area contributed by atoms with Gasteiger partial charge in [0.1, 0.15) is 0 Å². The number of rotatable bonds is 12. The van der Waals surface area contributed by atoms with Crippen molar-refractivity contribution >= 4 is 0 Å². The molecule has 5 N–H and O–H groups in total. The lowest BCUT2D eigenvalue weighted by Crippen LogP contribution is -2.76. The van der Waals surface area contributed by atoms with Gasteiger partial charge in [0, 0.05) is 30.0 Å². The van der Waals surface area contributed by atoms with Crippen molar-refractivity contribution in [3.8, 4) is 0 Å². The molecular formula is C39H67N3O2. The van der Waals surface area contributed by atoms with E-state index in [2.05, 4.69) is 62.8 Å². The van der Waals surface area contributed by atoms with Crippen LogP contribution in [0.4, 0.5) is 0 Å². The summed E-state index contributed by atoms with van der Waals surface area (Å²) in [4.78, 5) is 0. The first-order valence-corrected chi connectivity index (χ1v) is 19.2. The van der Waals surface area contributed by atoms with Gasteiger partial charge in [-0.3, -0.25) is 0 Å². The minimum absolute atomic E-state index is 0.0329. The minimum atomic E-state index is -0.604. The molecule has 5 saturated carbocycles. The molecule has 7 rings (SSSR count). The fourth-order valence-corrected chi connectivity index (χ4v) is 13.8. The highest BCUT2D eigenvalue weighted by molar-refractivity contribution is 5.33. The van der Waals surface area contributed by atoms with Crippen molar-refractivity contribution in [3.63, 3.8) is 0 Å². The average Bonchev–Trinajstić information content (AvgIpc) is 3.35. The highest BCUT2D eigenvalue weighted by Crippen LogP contribution is 2.83. The average molecular weight is 610 g/mol. The van der Waals surface area contributed by atoms with Crippen LogP contribution in [0.3, 0.4) is 0 Å². The lowest BCUT2D eigenvalue weighted by Gasteiger charge is -2.75. The van der Waals surface area contributed by atoms with Crippen LogP contribution in [0.5, 0.6) is 0 Å². The van der Waals surface area contributed by atoms with E-state index in [4.69, 9.17) is 0 Å². The van der Waals surface area contributed by atoms with Gasteiger partial charge < -0.3 is 26.2 Å². The van der Waals surface area contributed by atoms with Gasteiger partial charge >= 0.3 is 0 Å². The third kappa shape index (κ3) is 5.03. The van der Waals surface area contributed by atoms with Crippen molar-refractivity contribution < 1.29 is 10.2 Å². The monoisotopic (exact) mass is 610 g/mol. The van der Waals surface area contributed by atoms with Crippen molar-refractivity contribution in [1.82, 2.24) is 16.0 Å². The van der Waals surface area contributed by atoms with Gasteiger partial charge in [-0.25, -0.2) is 0 Å². The number of likely N-dealkylation sites (N-methyl/N-ethyl adjacent to an activating group) is 1. The van der Waals surface area contributed by atoms with Crippen LogP contribution in [-0.4, -0.2) is 60.7 Å². The molecule has 6 aliphatic carbocycles. The molecule has 7 aliphatic rings. The molecule has 250 valence electrons. The van der Waals surface area contributed by atoms with Crippen molar-refractivity contribution in [2.45, 2.75) is 141 Å². The second-order valence-corrected chi connectivity index (χ2v) is 18.6. The number of hydrogen-bond donors (Lipinski definition) is 5. The summed E-state index contributed by atoms with van der Waals surface area (Å²) < 4.78 is 0. The summed E-state index contributed by atoms with van der Waals surface area (Å²) in [6.45, 7) is 12.9. The van der Waals surface area contributed by atoms with E-state index in [1.807, 2.05) is 0 Å². The summed E-state index contributed by atoms with van der Waals surface area (Å²) in [6.07, 6.45) is 21.6. The summed E-state index contributed by atoms with van der Waals surface area (Å²) >= 11 is 0. The molecule has 14 unspecified atom stereocenters. The Kier molecular flexibility index (Phi) is 8.68. The SMILES string of the molecule is CNCC1CCC2CC34C(O)C5C=CC6CC5(C)CC(O)(C6)C3CC43CC(CCCC(C)CNCCCC(C)C)CC3C2N1. The molecule has 14 atom stereocenters. The fraction of sp³-hybridized carbons (Fsp3) is 0.949. The molecule has 3 bridgehead atoms. The van der Waals surface area contributed by atoms with E-state index >= 15 is 0 Å². The maximum absolute atomic E-state index is 12.8. The van der Waals surface area contributed by atoms with Crippen LogP contribution < -0.4 is 16.0 Å². The molecule has 0 radical (unpaired) electrons. The van der Waals surface area contributed by atoms with Crippen molar-refractivity contribution in [2.75, 3.05) is 26.7 Å². The largest absolute Gasteiger partial charge is 0.392 e. The summed E-state index contributed by atoms with van der Waals surface area (Å²) in [5.74, 6) is 4.55. The summed E-state index contributed by atoms with van der Waals surface area (Å²) in [6, 6.07) is 1.15. The van der Waals surface area contributed by atoms with Crippen molar-refractivity contribution in [2.24, 2.45) is 63.6 Å². The van der Waals surface area contributed by atoms with Gasteiger partial charge in [-0.1, -0.05) is 52.7 Å². The molecule has 5 nitrogen and oxygen atoms in total. The van der Waals surface area contributed by atoms with Crippen LogP contribution >= 0.6 is 0 Å². The van der Waals surface area contributed by atoms with E-state index in [0.717, 1.165) is 69.5 Å². The molecule has 0 aromatic rings. The maximum Gasteiger partial charge on any atom is 0.0693 e. The van der Waals surface area contributed by atoms with E-state index in [1.165, 1.54) is 57.8 Å².